The molecule has 0 radical (unpaired) electrons. The summed E-state index contributed by atoms with van der Waals surface area (Å²) in [7, 11) is 1.85. The van der Waals surface area contributed by atoms with Gasteiger partial charge >= 0.3 is 0 Å². The van der Waals surface area contributed by atoms with Crippen molar-refractivity contribution in [2.24, 2.45) is 0 Å². The van der Waals surface area contributed by atoms with Gasteiger partial charge in [0.15, 0.2) is 0 Å². The van der Waals surface area contributed by atoms with E-state index >= 15 is 0 Å². The van der Waals surface area contributed by atoms with E-state index < -0.39 is 4.92 Å². The number of nitro benzene ring substituents is 1. The second kappa shape index (κ2) is 4.62. The fourth-order valence-electron chi connectivity index (χ4n) is 1.31. The highest BCUT2D eigenvalue weighted by atomic mass is 16.6. The molecule has 0 bridgehead atoms. The Balaban J connectivity index is 3.23. The topological polar surface area (TPSA) is 70.2 Å². The molecule has 0 saturated carbocycles. The first kappa shape index (κ1) is 12.0. The minimum atomic E-state index is -0.500. The maximum absolute atomic E-state index is 10.6. The molecule has 5 heteroatoms. The summed E-state index contributed by atoms with van der Waals surface area (Å²) in [5.74, 6) is 0. The van der Waals surface area contributed by atoms with Gasteiger partial charge in [-0.25, -0.2) is 0 Å². The lowest BCUT2D eigenvalue weighted by molar-refractivity contribution is -0.384. The first-order chi connectivity index (χ1) is 7.47. The van der Waals surface area contributed by atoms with E-state index in [0.717, 1.165) is 0 Å². The molecule has 0 fully saturated rings. The summed E-state index contributed by atoms with van der Waals surface area (Å²) in [6.45, 7) is 3.98. The van der Waals surface area contributed by atoms with E-state index in [0.29, 0.717) is 11.3 Å². The molecule has 16 heavy (non-hydrogen) atoms. The molecule has 0 aliphatic heterocycles. The summed E-state index contributed by atoms with van der Waals surface area (Å²) in [4.78, 5) is 12.0. The van der Waals surface area contributed by atoms with Crippen molar-refractivity contribution >= 4 is 11.4 Å². The second-order valence-electron chi connectivity index (χ2n) is 3.78. The van der Waals surface area contributed by atoms with E-state index in [1.165, 1.54) is 12.1 Å². The molecule has 5 nitrogen and oxygen atoms in total. The van der Waals surface area contributed by atoms with Crippen LogP contribution in [0.1, 0.15) is 19.4 Å². The van der Waals surface area contributed by atoms with Gasteiger partial charge in [0.2, 0.25) is 0 Å². The third-order valence-corrected chi connectivity index (χ3v) is 2.47. The van der Waals surface area contributed by atoms with Crippen LogP contribution >= 0.6 is 0 Å². The van der Waals surface area contributed by atoms with Gasteiger partial charge in [0.1, 0.15) is 6.07 Å². The van der Waals surface area contributed by atoms with E-state index in [-0.39, 0.29) is 11.7 Å². The minimum Gasteiger partial charge on any atom is -0.371 e. The quantitative estimate of drug-likeness (QED) is 0.577. The predicted molar refractivity (Wildman–Crippen MR) is 61.4 cm³/mol. The Morgan fingerprint density at radius 3 is 2.56 bits per heavy atom. The van der Waals surface area contributed by atoms with Crippen molar-refractivity contribution in [1.29, 1.82) is 5.26 Å². The van der Waals surface area contributed by atoms with Crippen LogP contribution in [0.4, 0.5) is 11.4 Å². The van der Waals surface area contributed by atoms with Crippen molar-refractivity contribution in [3.8, 4) is 6.07 Å². The molecule has 0 heterocycles. The summed E-state index contributed by atoms with van der Waals surface area (Å²) in [6, 6.07) is 6.53. The zero-order chi connectivity index (χ0) is 12.3. The molecule has 0 unspecified atom stereocenters. The second-order valence-corrected chi connectivity index (χ2v) is 3.78. The number of benzene rings is 1. The molecule has 0 amide bonds. The summed E-state index contributed by atoms with van der Waals surface area (Å²) in [5.41, 5.74) is 0.978. The average Bonchev–Trinajstić information content (AvgIpc) is 2.26. The fourth-order valence-corrected chi connectivity index (χ4v) is 1.31. The number of rotatable bonds is 3. The molecule has 1 aromatic rings. The number of hydrogen-bond acceptors (Lipinski definition) is 4. The van der Waals surface area contributed by atoms with Crippen molar-refractivity contribution in [3.63, 3.8) is 0 Å². The molecule has 0 spiro atoms. The number of nitro groups is 1. The Labute approximate surface area is 94.1 Å². The normalized spacial score (nSPS) is 9.94. The first-order valence-electron chi connectivity index (χ1n) is 4.88. The van der Waals surface area contributed by atoms with Crippen LogP contribution < -0.4 is 4.90 Å². The standard InChI is InChI=1S/C11H13N3O2/c1-8(2)13(3)11-5-4-10(14(15)16)6-9(11)7-12/h4-6,8H,1-3H3. The van der Waals surface area contributed by atoms with Gasteiger partial charge in [-0.05, 0) is 19.9 Å². The van der Waals surface area contributed by atoms with Crippen LogP contribution in [0.5, 0.6) is 0 Å². The van der Waals surface area contributed by atoms with Crippen LogP contribution in [0.2, 0.25) is 0 Å². The highest BCUT2D eigenvalue weighted by Gasteiger charge is 2.14. The van der Waals surface area contributed by atoms with Crippen molar-refractivity contribution < 1.29 is 4.92 Å². The van der Waals surface area contributed by atoms with Crippen molar-refractivity contribution in [2.45, 2.75) is 19.9 Å². The number of non-ortho nitro benzene ring substituents is 1. The Hall–Kier alpha value is -2.09. The van der Waals surface area contributed by atoms with Gasteiger partial charge in [-0.2, -0.15) is 5.26 Å². The van der Waals surface area contributed by atoms with Crippen LogP contribution in [-0.2, 0) is 0 Å². The number of anilines is 1. The lowest BCUT2D eigenvalue weighted by Crippen LogP contribution is -2.26. The van der Waals surface area contributed by atoms with E-state index in [1.54, 1.807) is 6.07 Å². The van der Waals surface area contributed by atoms with Gasteiger partial charge in [-0.15, -0.1) is 0 Å². The number of hydrogen-bond donors (Lipinski definition) is 0. The molecule has 0 atom stereocenters. The van der Waals surface area contributed by atoms with Gasteiger partial charge in [-0.1, -0.05) is 0 Å². The van der Waals surface area contributed by atoms with Gasteiger partial charge < -0.3 is 4.90 Å². The van der Waals surface area contributed by atoms with E-state index in [9.17, 15) is 10.1 Å². The molecule has 1 rings (SSSR count). The zero-order valence-electron chi connectivity index (χ0n) is 9.47. The number of nitriles is 1. The largest absolute Gasteiger partial charge is 0.371 e. The average molecular weight is 219 g/mol. The molecule has 0 saturated heterocycles. The first-order valence-corrected chi connectivity index (χ1v) is 4.88. The minimum absolute atomic E-state index is 0.0579. The van der Waals surface area contributed by atoms with E-state index in [4.69, 9.17) is 5.26 Å². The van der Waals surface area contributed by atoms with Gasteiger partial charge in [0, 0.05) is 25.2 Å². The Morgan fingerprint density at radius 1 is 1.50 bits per heavy atom. The molecular weight excluding hydrogens is 206 g/mol. The zero-order valence-corrected chi connectivity index (χ0v) is 9.47. The molecule has 0 N–H and O–H groups in total. The van der Waals surface area contributed by atoms with Crippen LogP contribution in [0.25, 0.3) is 0 Å². The third-order valence-electron chi connectivity index (χ3n) is 2.47. The maximum atomic E-state index is 10.6. The van der Waals surface area contributed by atoms with E-state index in [2.05, 4.69) is 0 Å². The Bertz CT molecular complexity index is 449. The van der Waals surface area contributed by atoms with Crippen LogP contribution in [0.3, 0.4) is 0 Å². The molecule has 0 aliphatic rings. The van der Waals surface area contributed by atoms with Crippen molar-refractivity contribution in [2.75, 3.05) is 11.9 Å². The molecule has 0 aliphatic carbocycles. The number of nitrogens with zero attached hydrogens (tertiary/aromatic N) is 3. The summed E-state index contributed by atoms with van der Waals surface area (Å²) >= 11 is 0. The van der Waals surface area contributed by atoms with Crippen molar-refractivity contribution in [1.82, 2.24) is 0 Å². The maximum Gasteiger partial charge on any atom is 0.270 e. The third kappa shape index (κ3) is 2.28. The predicted octanol–water partition coefficient (Wildman–Crippen LogP) is 2.31. The van der Waals surface area contributed by atoms with Gasteiger partial charge in [-0.3, -0.25) is 10.1 Å². The van der Waals surface area contributed by atoms with E-state index in [1.807, 2.05) is 31.9 Å². The molecular formula is C11H13N3O2. The fraction of sp³-hybridized carbons (Fsp3) is 0.364. The highest BCUT2D eigenvalue weighted by molar-refractivity contribution is 5.62. The molecule has 1 aromatic carbocycles. The smallest absolute Gasteiger partial charge is 0.270 e. The van der Waals surface area contributed by atoms with Crippen LogP contribution in [0.15, 0.2) is 18.2 Å². The summed E-state index contributed by atoms with van der Waals surface area (Å²) in [6.07, 6.45) is 0. The SMILES string of the molecule is CC(C)N(C)c1ccc([N+](=O)[O-])cc1C#N. The van der Waals surface area contributed by atoms with Gasteiger partial charge in [0.05, 0.1) is 16.2 Å². The lowest BCUT2D eigenvalue weighted by atomic mass is 10.1. The molecule has 0 aromatic heterocycles. The van der Waals surface area contributed by atoms with Crippen LogP contribution in [-0.4, -0.2) is 18.0 Å². The summed E-state index contributed by atoms with van der Waals surface area (Å²) in [5, 5.41) is 19.5. The Morgan fingerprint density at radius 2 is 2.12 bits per heavy atom. The molecule has 84 valence electrons. The van der Waals surface area contributed by atoms with Gasteiger partial charge in [0.25, 0.3) is 5.69 Å². The monoisotopic (exact) mass is 219 g/mol. The summed E-state index contributed by atoms with van der Waals surface area (Å²) < 4.78 is 0. The van der Waals surface area contributed by atoms with Crippen molar-refractivity contribution in [3.05, 3.63) is 33.9 Å². The highest BCUT2D eigenvalue weighted by Crippen LogP contribution is 2.25. The Kier molecular flexibility index (Phi) is 3.46. The van der Waals surface area contributed by atoms with Crippen LogP contribution in [0, 0.1) is 21.4 Å². The lowest BCUT2D eigenvalue weighted by Gasteiger charge is -2.24.